The molecule has 0 saturated carbocycles. The zero-order valence-corrected chi connectivity index (χ0v) is 10.3. The second kappa shape index (κ2) is 7.49. The molecule has 0 bridgehead atoms. The van der Waals surface area contributed by atoms with Gasteiger partial charge in [-0.1, -0.05) is 19.8 Å². The summed E-state index contributed by atoms with van der Waals surface area (Å²) in [7, 11) is 1.52. The average molecular weight is 237 g/mol. The second-order valence-electron chi connectivity index (χ2n) is 3.65. The molecule has 0 spiro atoms. The molecule has 0 aromatic carbocycles. The van der Waals surface area contributed by atoms with Gasteiger partial charge in [0.25, 0.3) is 0 Å². The number of unbranched alkanes of at least 4 members (excludes halogenated alkanes) is 2. The van der Waals surface area contributed by atoms with E-state index in [1.54, 1.807) is 18.3 Å². The molecule has 1 rings (SSSR count). The van der Waals surface area contributed by atoms with E-state index in [1.807, 2.05) is 0 Å². The van der Waals surface area contributed by atoms with Gasteiger partial charge in [-0.25, -0.2) is 9.78 Å². The monoisotopic (exact) mass is 237 g/mol. The van der Waals surface area contributed by atoms with Crippen LogP contribution in [0, 0.1) is 0 Å². The Morgan fingerprint density at radius 2 is 2.29 bits per heavy atom. The zero-order chi connectivity index (χ0) is 12.5. The van der Waals surface area contributed by atoms with Crippen LogP contribution in [0.2, 0.25) is 0 Å². The van der Waals surface area contributed by atoms with Crippen LogP contribution in [-0.2, 0) is 0 Å². The number of anilines is 1. The van der Waals surface area contributed by atoms with Gasteiger partial charge in [0.05, 0.1) is 7.11 Å². The maximum atomic E-state index is 11.5. The lowest BCUT2D eigenvalue weighted by Crippen LogP contribution is -2.29. The Bertz CT molecular complexity index is 355. The van der Waals surface area contributed by atoms with Crippen LogP contribution in [-0.4, -0.2) is 24.7 Å². The van der Waals surface area contributed by atoms with Crippen LogP contribution in [0.3, 0.4) is 0 Å². The largest absolute Gasteiger partial charge is 0.480 e. The maximum absolute atomic E-state index is 11.5. The van der Waals surface area contributed by atoms with E-state index >= 15 is 0 Å². The molecule has 1 aromatic heterocycles. The molecule has 0 radical (unpaired) electrons. The number of nitrogens with one attached hydrogen (secondary N) is 2. The smallest absolute Gasteiger partial charge is 0.319 e. The molecule has 0 atom stereocenters. The van der Waals surface area contributed by atoms with E-state index in [9.17, 15) is 4.79 Å². The van der Waals surface area contributed by atoms with E-state index in [0.717, 1.165) is 19.3 Å². The van der Waals surface area contributed by atoms with Gasteiger partial charge in [0, 0.05) is 12.7 Å². The summed E-state index contributed by atoms with van der Waals surface area (Å²) in [5.41, 5.74) is 0.572. The van der Waals surface area contributed by atoms with Crippen molar-refractivity contribution in [3.8, 4) is 5.88 Å². The summed E-state index contributed by atoms with van der Waals surface area (Å²) in [4.78, 5) is 15.5. The molecule has 2 amide bonds. The SMILES string of the molecule is CCCCCNC(=O)Nc1cccnc1OC. The summed E-state index contributed by atoms with van der Waals surface area (Å²) in [6.07, 6.45) is 4.87. The van der Waals surface area contributed by atoms with Crippen LogP contribution < -0.4 is 15.4 Å². The first-order valence-electron chi connectivity index (χ1n) is 5.81. The van der Waals surface area contributed by atoms with Crippen molar-refractivity contribution in [3.63, 3.8) is 0 Å². The van der Waals surface area contributed by atoms with Crippen molar-refractivity contribution in [2.45, 2.75) is 26.2 Å². The molecule has 2 N–H and O–H groups in total. The third-order valence-electron chi connectivity index (χ3n) is 2.28. The quantitative estimate of drug-likeness (QED) is 0.747. The van der Waals surface area contributed by atoms with Gasteiger partial charge in [-0.3, -0.25) is 0 Å². The average Bonchev–Trinajstić information content (AvgIpc) is 2.35. The first-order valence-corrected chi connectivity index (χ1v) is 5.81. The van der Waals surface area contributed by atoms with Crippen molar-refractivity contribution in [1.29, 1.82) is 0 Å². The number of methoxy groups -OCH3 is 1. The Hall–Kier alpha value is -1.78. The molecule has 0 aliphatic carbocycles. The molecular weight excluding hydrogens is 218 g/mol. The van der Waals surface area contributed by atoms with Crippen LogP contribution in [0.25, 0.3) is 0 Å². The molecule has 0 fully saturated rings. The lowest BCUT2D eigenvalue weighted by Gasteiger charge is -2.09. The highest BCUT2D eigenvalue weighted by molar-refractivity contribution is 5.90. The molecule has 0 aliphatic heterocycles. The van der Waals surface area contributed by atoms with Crippen LogP contribution in [0.15, 0.2) is 18.3 Å². The normalized spacial score (nSPS) is 9.76. The molecule has 5 heteroatoms. The van der Waals surface area contributed by atoms with Crippen LogP contribution in [0.5, 0.6) is 5.88 Å². The molecule has 94 valence electrons. The van der Waals surface area contributed by atoms with Gasteiger partial charge in [-0.15, -0.1) is 0 Å². The summed E-state index contributed by atoms with van der Waals surface area (Å²) in [6.45, 7) is 2.81. The number of ether oxygens (including phenoxy) is 1. The van der Waals surface area contributed by atoms with Crippen molar-refractivity contribution in [2.24, 2.45) is 0 Å². The van der Waals surface area contributed by atoms with Crippen molar-refractivity contribution >= 4 is 11.7 Å². The topological polar surface area (TPSA) is 63.2 Å². The fourth-order valence-electron chi connectivity index (χ4n) is 1.39. The van der Waals surface area contributed by atoms with Gasteiger partial charge < -0.3 is 15.4 Å². The Morgan fingerprint density at radius 1 is 1.47 bits per heavy atom. The molecule has 17 heavy (non-hydrogen) atoms. The molecule has 0 saturated heterocycles. The minimum Gasteiger partial charge on any atom is -0.480 e. The number of pyridine rings is 1. The van der Waals surface area contributed by atoms with Crippen molar-refractivity contribution in [2.75, 3.05) is 19.0 Å². The summed E-state index contributed by atoms with van der Waals surface area (Å²) >= 11 is 0. The minimum absolute atomic E-state index is 0.229. The lowest BCUT2D eigenvalue weighted by atomic mass is 10.2. The third-order valence-corrected chi connectivity index (χ3v) is 2.28. The molecule has 0 unspecified atom stereocenters. The molecular formula is C12H19N3O2. The van der Waals surface area contributed by atoms with Gasteiger partial charge in [0.2, 0.25) is 5.88 Å². The van der Waals surface area contributed by atoms with Crippen LogP contribution >= 0.6 is 0 Å². The predicted molar refractivity (Wildman–Crippen MR) is 67.3 cm³/mol. The Morgan fingerprint density at radius 3 is 3.00 bits per heavy atom. The fourth-order valence-corrected chi connectivity index (χ4v) is 1.39. The number of amides is 2. The van der Waals surface area contributed by atoms with E-state index in [-0.39, 0.29) is 6.03 Å². The Balaban J connectivity index is 2.39. The highest BCUT2D eigenvalue weighted by Crippen LogP contribution is 2.19. The number of hydrogen-bond acceptors (Lipinski definition) is 3. The van der Waals surface area contributed by atoms with E-state index in [1.165, 1.54) is 7.11 Å². The third kappa shape index (κ3) is 4.72. The number of urea groups is 1. The van der Waals surface area contributed by atoms with Crippen molar-refractivity contribution in [3.05, 3.63) is 18.3 Å². The molecule has 0 aliphatic rings. The number of carbonyl (C=O) groups is 1. The standard InChI is InChI=1S/C12H19N3O2/c1-3-4-5-8-14-12(16)15-10-7-6-9-13-11(10)17-2/h6-7,9H,3-5,8H2,1-2H3,(H2,14,15,16). The molecule has 5 nitrogen and oxygen atoms in total. The number of rotatable bonds is 6. The minimum atomic E-state index is -0.229. The Labute approximate surface area is 102 Å². The van der Waals surface area contributed by atoms with Gasteiger partial charge in [0.1, 0.15) is 5.69 Å². The maximum Gasteiger partial charge on any atom is 0.319 e. The van der Waals surface area contributed by atoms with E-state index in [2.05, 4.69) is 22.5 Å². The first-order chi connectivity index (χ1) is 8.27. The highest BCUT2D eigenvalue weighted by Gasteiger charge is 2.06. The van der Waals surface area contributed by atoms with Gasteiger partial charge in [-0.05, 0) is 18.6 Å². The van der Waals surface area contributed by atoms with Crippen LogP contribution in [0.4, 0.5) is 10.5 Å². The first kappa shape index (κ1) is 13.3. The van der Waals surface area contributed by atoms with Gasteiger partial charge >= 0.3 is 6.03 Å². The summed E-state index contributed by atoms with van der Waals surface area (Å²) in [6, 6.07) is 3.26. The summed E-state index contributed by atoms with van der Waals surface area (Å²) < 4.78 is 5.04. The number of hydrogen-bond donors (Lipinski definition) is 2. The van der Waals surface area contributed by atoms with E-state index < -0.39 is 0 Å². The summed E-state index contributed by atoms with van der Waals surface area (Å²) in [5, 5.41) is 5.48. The van der Waals surface area contributed by atoms with Gasteiger partial charge in [-0.2, -0.15) is 0 Å². The lowest BCUT2D eigenvalue weighted by molar-refractivity contribution is 0.251. The molecule has 1 heterocycles. The predicted octanol–water partition coefficient (Wildman–Crippen LogP) is 2.40. The van der Waals surface area contributed by atoms with Crippen molar-refractivity contribution < 1.29 is 9.53 Å². The fraction of sp³-hybridized carbons (Fsp3) is 0.500. The number of carbonyl (C=O) groups excluding carboxylic acids is 1. The molecule has 1 aromatic rings. The highest BCUT2D eigenvalue weighted by atomic mass is 16.5. The van der Waals surface area contributed by atoms with E-state index in [4.69, 9.17) is 4.74 Å². The number of nitrogens with zero attached hydrogens (tertiary/aromatic N) is 1. The second-order valence-corrected chi connectivity index (χ2v) is 3.65. The van der Waals surface area contributed by atoms with Gasteiger partial charge in [0.15, 0.2) is 0 Å². The zero-order valence-electron chi connectivity index (χ0n) is 10.3. The number of aromatic nitrogens is 1. The Kier molecular flexibility index (Phi) is 5.85. The van der Waals surface area contributed by atoms with E-state index in [0.29, 0.717) is 18.1 Å². The van der Waals surface area contributed by atoms with Crippen molar-refractivity contribution in [1.82, 2.24) is 10.3 Å². The van der Waals surface area contributed by atoms with Crippen LogP contribution in [0.1, 0.15) is 26.2 Å². The summed E-state index contributed by atoms with van der Waals surface area (Å²) in [5.74, 6) is 0.413.